The summed E-state index contributed by atoms with van der Waals surface area (Å²) in [6.07, 6.45) is 6.06. The zero-order valence-electron chi connectivity index (χ0n) is 9.27. The van der Waals surface area contributed by atoms with Crippen LogP contribution in [0.2, 0.25) is 0 Å². The molecule has 0 aliphatic heterocycles. The molecule has 0 aromatic heterocycles. The van der Waals surface area contributed by atoms with E-state index >= 15 is 0 Å². The smallest absolute Gasteiger partial charge is 0.00966 e. The number of hydrogen-bond donors (Lipinski definition) is 1. The van der Waals surface area contributed by atoms with Crippen molar-refractivity contribution in [3.63, 3.8) is 0 Å². The van der Waals surface area contributed by atoms with Crippen molar-refractivity contribution in [1.29, 1.82) is 0 Å². The molecule has 2 unspecified atom stereocenters. The van der Waals surface area contributed by atoms with Gasteiger partial charge < -0.3 is 5.32 Å². The summed E-state index contributed by atoms with van der Waals surface area (Å²) in [6, 6.07) is 0. The van der Waals surface area contributed by atoms with Gasteiger partial charge in [-0.1, -0.05) is 19.3 Å². The minimum absolute atomic E-state index is 0.312. The molecule has 2 rings (SSSR count). The van der Waals surface area contributed by atoms with E-state index in [1.165, 1.54) is 32.2 Å². The molecule has 2 aliphatic rings. The van der Waals surface area contributed by atoms with Crippen molar-refractivity contribution in [2.24, 2.45) is 17.8 Å². The van der Waals surface area contributed by atoms with Crippen molar-refractivity contribution in [1.82, 2.24) is 5.32 Å². The topological polar surface area (TPSA) is 12.0 Å². The summed E-state index contributed by atoms with van der Waals surface area (Å²) in [7, 11) is 0. The second-order valence-electron chi connectivity index (χ2n) is 5.98. The molecule has 0 heterocycles. The van der Waals surface area contributed by atoms with Crippen LogP contribution in [-0.2, 0) is 0 Å². The van der Waals surface area contributed by atoms with Crippen molar-refractivity contribution in [3.05, 3.63) is 0 Å². The first-order chi connectivity index (χ1) is 6.06. The maximum Gasteiger partial charge on any atom is 0.00966 e. The van der Waals surface area contributed by atoms with Crippen LogP contribution in [0.4, 0.5) is 0 Å². The molecule has 0 aromatic rings. The van der Waals surface area contributed by atoms with Gasteiger partial charge in [0.05, 0.1) is 0 Å². The fourth-order valence-corrected chi connectivity index (χ4v) is 2.39. The quantitative estimate of drug-likeness (QED) is 0.706. The van der Waals surface area contributed by atoms with Gasteiger partial charge in [0.25, 0.3) is 0 Å². The first kappa shape index (κ1) is 9.51. The van der Waals surface area contributed by atoms with Crippen molar-refractivity contribution >= 4 is 0 Å². The van der Waals surface area contributed by atoms with E-state index in [0.717, 1.165) is 17.8 Å². The van der Waals surface area contributed by atoms with E-state index in [-0.39, 0.29) is 0 Å². The Morgan fingerprint density at radius 1 is 1.23 bits per heavy atom. The zero-order valence-corrected chi connectivity index (χ0v) is 9.27. The Kier molecular flexibility index (Phi) is 2.39. The second-order valence-corrected chi connectivity index (χ2v) is 5.98. The van der Waals surface area contributed by atoms with Crippen LogP contribution >= 0.6 is 0 Å². The van der Waals surface area contributed by atoms with Gasteiger partial charge in [0.15, 0.2) is 0 Å². The Balaban J connectivity index is 1.63. The average Bonchev–Trinajstić information content (AvgIpc) is 2.58. The number of hydrogen-bond acceptors (Lipinski definition) is 1. The molecule has 2 aliphatic carbocycles. The van der Waals surface area contributed by atoms with Crippen LogP contribution in [0, 0.1) is 17.8 Å². The highest BCUT2D eigenvalue weighted by atomic mass is 15.0. The van der Waals surface area contributed by atoms with E-state index in [4.69, 9.17) is 0 Å². The van der Waals surface area contributed by atoms with E-state index < -0.39 is 0 Å². The Morgan fingerprint density at radius 2 is 1.92 bits per heavy atom. The fraction of sp³-hybridized carbons (Fsp3) is 1.00. The van der Waals surface area contributed by atoms with Gasteiger partial charge in [-0.05, 0) is 51.5 Å². The molecule has 0 bridgehead atoms. The van der Waals surface area contributed by atoms with Gasteiger partial charge in [0.2, 0.25) is 0 Å². The molecule has 2 atom stereocenters. The third-order valence-corrected chi connectivity index (χ3v) is 3.63. The molecule has 1 nitrogen and oxygen atoms in total. The van der Waals surface area contributed by atoms with Crippen LogP contribution in [0.5, 0.6) is 0 Å². The molecule has 1 heteroatoms. The molecule has 0 spiro atoms. The van der Waals surface area contributed by atoms with Crippen LogP contribution in [0.25, 0.3) is 0 Å². The monoisotopic (exact) mass is 181 g/mol. The van der Waals surface area contributed by atoms with Crippen molar-refractivity contribution < 1.29 is 0 Å². The van der Waals surface area contributed by atoms with E-state index in [0.29, 0.717) is 5.54 Å². The van der Waals surface area contributed by atoms with E-state index in [9.17, 15) is 0 Å². The predicted octanol–water partition coefficient (Wildman–Crippen LogP) is 2.81. The molecule has 0 radical (unpaired) electrons. The average molecular weight is 181 g/mol. The molecular weight excluding hydrogens is 158 g/mol. The minimum Gasteiger partial charge on any atom is -0.312 e. The summed E-state index contributed by atoms with van der Waals surface area (Å²) in [6.45, 7) is 8.03. The summed E-state index contributed by atoms with van der Waals surface area (Å²) < 4.78 is 0. The van der Waals surface area contributed by atoms with Crippen LogP contribution < -0.4 is 5.32 Å². The molecule has 2 saturated carbocycles. The van der Waals surface area contributed by atoms with Crippen LogP contribution in [-0.4, -0.2) is 12.1 Å². The summed E-state index contributed by atoms with van der Waals surface area (Å²) >= 11 is 0. The van der Waals surface area contributed by atoms with Crippen molar-refractivity contribution in [2.45, 2.75) is 52.0 Å². The summed E-state index contributed by atoms with van der Waals surface area (Å²) in [4.78, 5) is 0. The van der Waals surface area contributed by atoms with E-state index in [1.807, 2.05) is 0 Å². The van der Waals surface area contributed by atoms with Crippen molar-refractivity contribution in [2.75, 3.05) is 6.54 Å². The normalized spacial score (nSPS) is 34.4. The molecule has 2 fully saturated rings. The largest absolute Gasteiger partial charge is 0.312 e. The molecule has 0 saturated heterocycles. The highest BCUT2D eigenvalue weighted by Gasteiger charge is 2.44. The third kappa shape index (κ3) is 2.46. The molecule has 13 heavy (non-hydrogen) atoms. The summed E-state index contributed by atoms with van der Waals surface area (Å²) in [5.74, 6) is 3.24. The molecule has 0 aromatic carbocycles. The second kappa shape index (κ2) is 3.27. The van der Waals surface area contributed by atoms with E-state index in [1.54, 1.807) is 0 Å². The van der Waals surface area contributed by atoms with E-state index in [2.05, 4.69) is 26.1 Å². The van der Waals surface area contributed by atoms with Gasteiger partial charge in [-0.15, -0.1) is 0 Å². The van der Waals surface area contributed by atoms with Gasteiger partial charge in [-0.2, -0.15) is 0 Å². The molecule has 0 amide bonds. The number of rotatable bonds is 3. The van der Waals surface area contributed by atoms with Crippen LogP contribution in [0.1, 0.15) is 46.5 Å². The molecule has 1 N–H and O–H groups in total. The summed E-state index contributed by atoms with van der Waals surface area (Å²) in [5.41, 5.74) is 0.312. The SMILES string of the molecule is CC(C)(C)NCC1CC1C1CCC1. The highest BCUT2D eigenvalue weighted by molar-refractivity contribution is 4.95. The number of nitrogens with one attached hydrogen (secondary N) is 1. The Bertz CT molecular complexity index is 176. The summed E-state index contributed by atoms with van der Waals surface area (Å²) in [5, 5.41) is 3.62. The Hall–Kier alpha value is -0.0400. The van der Waals surface area contributed by atoms with Gasteiger partial charge in [0, 0.05) is 5.54 Å². The van der Waals surface area contributed by atoms with Gasteiger partial charge in [0.1, 0.15) is 0 Å². The Morgan fingerprint density at radius 3 is 2.38 bits per heavy atom. The van der Waals surface area contributed by atoms with Gasteiger partial charge in [-0.25, -0.2) is 0 Å². The van der Waals surface area contributed by atoms with Crippen LogP contribution in [0.15, 0.2) is 0 Å². The van der Waals surface area contributed by atoms with Gasteiger partial charge >= 0.3 is 0 Å². The van der Waals surface area contributed by atoms with Crippen LogP contribution in [0.3, 0.4) is 0 Å². The third-order valence-electron chi connectivity index (χ3n) is 3.63. The molecule has 76 valence electrons. The maximum absolute atomic E-state index is 3.62. The van der Waals surface area contributed by atoms with Crippen molar-refractivity contribution in [3.8, 4) is 0 Å². The van der Waals surface area contributed by atoms with Gasteiger partial charge in [-0.3, -0.25) is 0 Å². The zero-order chi connectivity index (χ0) is 9.47. The standard InChI is InChI=1S/C12H23N/c1-12(2,3)13-8-10-7-11(10)9-5-4-6-9/h9-11,13H,4-8H2,1-3H3. The predicted molar refractivity (Wildman–Crippen MR) is 56.7 cm³/mol. The first-order valence-electron chi connectivity index (χ1n) is 5.81. The maximum atomic E-state index is 3.62. The lowest BCUT2D eigenvalue weighted by Crippen LogP contribution is -2.37. The first-order valence-corrected chi connectivity index (χ1v) is 5.81. The Labute approximate surface area is 82.3 Å². The highest BCUT2D eigenvalue weighted by Crippen LogP contribution is 2.51. The lowest BCUT2D eigenvalue weighted by Gasteiger charge is -2.26. The lowest BCUT2D eigenvalue weighted by molar-refractivity contribution is 0.261. The minimum atomic E-state index is 0.312. The molecular formula is C12H23N. The lowest BCUT2D eigenvalue weighted by atomic mass is 9.81. The fourth-order valence-electron chi connectivity index (χ4n) is 2.39.